The third-order valence-electron chi connectivity index (χ3n) is 4.41. The summed E-state index contributed by atoms with van der Waals surface area (Å²) in [7, 11) is 2.95. The van der Waals surface area contributed by atoms with Gasteiger partial charge in [0.15, 0.2) is 23.0 Å². The van der Waals surface area contributed by atoms with Crippen LogP contribution in [0.2, 0.25) is 0 Å². The van der Waals surface area contributed by atoms with Gasteiger partial charge in [0.2, 0.25) is 5.75 Å². The van der Waals surface area contributed by atoms with E-state index < -0.39 is 12.2 Å². The molecule has 0 radical (unpaired) electrons. The van der Waals surface area contributed by atoms with E-state index in [2.05, 4.69) is 0 Å². The second-order valence-corrected chi connectivity index (χ2v) is 6.18. The summed E-state index contributed by atoms with van der Waals surface area (Å²) >= 11 is 0. The molecule has 4 aliphatic heterocycles. The van der Waals surface area contributed by atoms with Crippen LogP contribution in [-0.2, 0) is 4.74 Å². The van der Waals surface area contributed by atoms with Crippen LogP contribution < -0.4 is 18.9 Å². The van der Waals surface area contributed by atoms with Gasteiger partial charge in [0, 0.05) is 0 Å². The van der Waals surface area contributed by atoms with Gasteiger partial charge in [-0.2, -0.15) is 0 Å². The van der Waals surface area contributed by atoms with E-state index in [9.17, 15) is 15.3 Å². The van der Waals surface area contributed by atoms with Crippen molar-refractivity contribution in [1.82, 2.24) is 0 Å². The summed E-state index contributed by atoms with van der Waals surface area (Å²) in [6, 6.07) is 7.61. The normalized spacial score (nSPS) is 20.1. The number of hydrogen-bond donors (Lipinski definition) is 3. The highest BCUT2D eigenvalue weighted by atomic mass is 16.6. The molecule has 0 saturated carbocycles. The van der Waals surface area contributed by atoms with Crippen molar-refractivity contribution in [2.75, 3.05) is 40.6 Å². The van der Waals surface area contributed by atoms with E-state index in [-0.39, 0.29) is 24.7 Å². The first-order valence-corrected chi connectivity index (χ1v) is 8.83. The lowest BCUT2D eigenvalue weighted by atomic mass is 9.97. The maximum atomic E-state index is 10.7. The lowest BCUT2D eigenvalue weighted by Crippen LogP contribution is -2.13. The zero-order valence-electron chi connectivity index (χ0n) is 15.8. The van der Waals surface area contributed by atoms with Crippen LogP contribution in [0.15, 0.2) is 30.3 Å². The van der Waals surface area contributed by atoms with Crippen LogP contribution in [0.4, 0.5) is 0 Å². The van der Waals surface area contributed by atoms with Crippen molar-refractivity contribution in [3.8, 4) is 28.7 Å². The molecule has 0 spiro atoms. The number of methoxy groups -OCH3 is 2. The van der Waals surface area contributed by atoms with Crippen molar-refractivity contribution in [2.24, 2.45) is 0 Å². The topological polar surface area (TPSA) is 107 Å². The standard InChI is InChI=1S/C20H24O8/c1-24-16-10-13-11-17(25-2)20(16)28-8-6-26-5-7-27-15-4-3-12(9-14(15)21)18(22)19(13)23/h3-4,9-11,18-19,21-23H,5-8H2,1-2H3/t18-,19-/m0/s1. The van der Waals surface area contributed by atoms with E-state index in [1.165, 1.54) is 26.4 Å². The highest BCUT2D eigenvalue weighted by molar-refractivity contribution is 5.54. The summed E-state index contributed by atoms with van der Waals surface area (Å²) in [6.45, 7) is 1.10. The molecule has 4 aliphatic rings. The Bertz CT molecular complexity index is 782. The van der Waals surface area contributed by atoms with Gasteiger partial charge in [-0.3, -0.25) is 0 Å². The van der Waals surface area contributed by atoms with Crippen LogP contribution >= 0.6 is 0 Å². The van der Waals surface area contributed by atoms with E-state index in [0.717, 1.165) is 0 Å². The van der Waals surface area contributed by atoms with Gasteiger partial charge in [0.1, 0.15) is 25.4 Å². The number of aliphatic hydroxyl groups is 2. The Morgan fingerprint density at radius 2 is 1.43 bits per heavy atom. The summed E-state index contributed by atoms with van der Waals surface area (Å²) in [6.07, 6.45) is -2.58. The van der Waals surface area contributed by atoms with Crippen LogP contribution in [0, 0.1) is 0 Å². The van der Waals surface area contributed by atoms with Crippen molar-refractivity contribution in [3.63, 3.8) is 0 Å². The minimum atomic E-state index is -1.29. The average Bonchev–Trinajstić information content (AvgIpc) is 2.72. The predicted molar refractivity (Wildman–Crippen MR) is 99.4 cm³/mol. The molecule has 3 N–H and O–H groups in total. The highest BCUT2D eigenvalue weighted by Gasteiger charge is 2.25. The van der Waals surface area contributed by atoms with Gasteiger partial charge in [0.25, 0.3) is 0 Å². The van der Waals surface area contributed by atoms with Crippen molar-refractivity contribution < 1.29 is 39.0 Å². The molecule has 152 valence electrons. The molecule has 2 aromatic carbocycles. The number of benzene rings is 2. The molecule has 4 bridgehead atoms. The molecular weight excluding hydrogens is 368 g/mol. The maximum Gasteiger partial charge on any atom is 0.203 e. The van der Waals surface area contributed by atoms with Crippen LogP contribution in [0.5, 0.6) is 28.7 Å². The zero-order chi connectivity index (χ0) is 20.1. The SMILES string of the molecule is COc1cc2cc(OC)c1OCCOCCOc1ccc(cc1O)[C@H](O)[C@H]2O. The molecule has 8 heteroatoms. The van der Waals surface area contributed by atoms with E-state index in [1.807, 2.05) is 0 Å². The fourth-order valence-corrected chi connectivity index (χ4v) is 2.93. The molecular formula is C20H24O8. The van der Waals surface area contributed by atoms with E-state index in [1.54, 1.807) is 18.2 Å². The number of phenols is 1. The summed E-state index contributed by atoms with van der Waals surface area (Å²) in [5.41, 5.74) is 0.699. The lowest BCUT2D eigenvalue weighted by molar-refractivity contribution is 0.0168. The Morgan fingerprint density at radius 3 is 2.04 bits per heavy atom. The summed E-state index contributed by atoms with van der Waals surface area (Å²) in [5, 5.41) is 31.4. The van der Waals surface area contributed by atoms with Gasteiger partial charge in [-0.25, -0.2) is 0 Å². The second kappa shape index (κ2) is 9.01. The average molecular weight is 392 g/mol. The van der Waals surface area contributed by atoms with Gasteiger partial charge in [-0.15, -0.1) is 0 Å². The molecule has 0 aromatic heterocycles. The molecule has 28 heavy (non-hydrogen) atoms. The zero-order valence-corrected chi connectivity index (χ0v) is 15.8. The maximum absolute atomic E-state index is 10.7. The number of phenolic OH excluding ortho intramolecular Hbond substituents is 1. The Kier molecular flexibility index (Phi) is 6.45. The van der Waals surface area contributed by atoms with Gasteiger partial charge < -0.3 is 39.0 Å². The Morgan fingerprint density at radius 1 is 0.821 bits per heavy atom. The molecule has 2 aromatic rings. The fraction of sp³-hybridized carbons (Fsp3) is 0.400. The fourth-order valence-electron chi connectivity index (χ4n) is 2.93. The molecule has 4 heterocycles. The van der Waals surface area contributed by atoms with Gasteiger partial charge in [-0.1, -0.05) is 6.07 Å². The quantitative estimate of drug-likeness (QED) is 0.712. The second-order valence-electron chi connectivity index (χ2n) is 6.18. The molecule has 6 rings (SSSR count). The number of ether oxygens (including phenoxy) is 5. The number of aliphatic hydroxyl groups excluding tert-OH is 2. The highest BCUT2D eigenvalue weighted by Crippen LogP contribution is 2.42. The molecule has 0 unspecified atom stereocenters. The molecule has 2 atom stereocenters. The van der Waals surface area contributed by atoms with Crippen LogP contribution in [-0.4, -0.2) is 56.0 Å². The monoisotopic (exact) mass is 392 g/mol. The smallest absolute Gasteiger partial charge is 0.203 e. The van der Waals surface area contributed by atoms with E-state index >= 15 is 0 Å². The van der Waals surface area contributed by atoms with Gasteiger partial charge in [-0.05, 0) is 35.4 Å². The van der Waals surface area contributed by atoms with Gasteiger partial charge in [0.05, 0.1) is 27.4 Å². The largest absolute Gasteiger partial charge is 0.504 e. The first-order valence-electron chi connectivity index (χ1n) is 8.83. The first-order chi connectivity index (χ1) is 13.5. The first kappa shape index (κ1) is 20.1. The molecule has 0 saturated heterocycles. The Labute approximate surface area is 162 Å². The molecule has 0 fully saturated rings. The molecule has 8 nitrogen and oxygen atoms in total. The van der Waals surface area contributed by atoms with Gasteiger partial charge >= 0.3 is 0 Å². The van der Waals surface area contributed by atoms with Crippen LogP contribution in [0.1, 0.15) is 23.3 Å². The summed E-state index contributed by atoms with van der Waals surface area (Å²) in [4.78, 5) is 0. The molecule has 0 aliphatic carbocycles. The van der Waals surface area contributed by atoms with Crippen molar-refractivity contribution in [2.45, 2.75) is 12.2 Å². The third kappa shape index (κ3) is 4.24. The van der Waals surface area contributed by atoms with E-state index in [0.29, 0.717) is 41.6 Å². The lowest BCUT2D eigenvalue weighted by Gasteiger charge is -2.22. The summed E-state index contributed by atoms with van der Waals surface area (Å²) < 4.78 is 27.4. The summed E-state index contributed by atoms with van der Waals surface area (Å²) in [5.74, 6) is 1.21. The third-order valence-corrected chi connectivity index (χ3v) is 4.41. The number of hydrogen-bond acceptors (Lipinski definition) is 8. The Balaban J connectivity index is 2.02. The predicted octanol–water partition coefficient (Wildman–Crippen LogP) is 1.96. The number of aromatic hydroxyl groups is 1. The minimum absolute atomic E-state index is 0.137. The molecule has 0 amide bonds. The van der Waals surface area contributed by atoms with Crippen LogP contribution in [0.3, 0.4) is 0 Å². The van der Waals surface area contributed by atoms with Crippen molar-refractivity contribution in [1.29, 1.82) is 0 Å². The number of rotatable bonds is 2. The van der Waals surface area contributed by atoms with E-state index in [4.69, 9.17) is 23.7 Å². The van der Waals surface area contributed by atoms with Crippen molar-refractivity contribution >= 4 is 0 Å². The minimum Gasteiger partial charge on any atom is -0.504 e. The van der Waals surface area contributed by atoms with Crippen molar-refractivity contribution in [3.05, 3.63) is 41.5 Å². The Hall–Kier alpha value is -2.68. The van der Waals surface area contributed by atoms with Crippen LogP contribution in [0.25, 0.3) is 0 Å².